The zero-order valence-corrected chi connectivity index (χ0v) is 17.0. The van der Waals surface area contributed by atoms with Crippen LogP contribution in [0.4, 0.5) is 5.69 Å². The molecule has 0 saturated carbocycles. The maximum absolute atomic E-state index is 12.2. The molecule has 0 saturated heterocycles. The lowest BCUT2D eigenvalue weighted by molar-refractivity contribution is -0.153. The van der Waals surface area contributed by atoms with Gasteiger partial charge in [-0.15, -0.1) is 0 Å². The third kappa shape index (κ3) is 5.77. The van der Waals surface area contributed by atoms with Crippen LogP contribution in [-0.2, 0) is 14.3 Å². The molecule has 0 radical (unpaired) electrons. The van der Waals surface area contributed by atoms with Crippen LogP contribution in [0.25, 0.3) is 0 Å². The summed E-state index contributed by atoms with van der Waals surface area (Å²) in [7, 11) is 0. The van der Waals surface area contributed by atoms with E-state index in [9.17, 15) is 9.59 Å². The number of carbonyl (C=O) groups is 2. The van der Waals surface area contributed by atoms with E-state index in [-0.39, 0.29) is 13.2 Å². The molecule has 0 bridgehead atoms. The van der Waals surface area contributed by atoms with Crippen LogP contribution in [-0.4, -0.2) is 31.4 Å². The normalized spacial score (nSPS) is 12.9. The number of esters is 1. The van der Waals surface area contributed by atoms with Gasteiger partial charge in [0.1, 0.15) is 5.75 Å². The molecule has 1 N–H and O–H groups in total. The van der Waals surface area contributed by atoms with E-state index in [4.69, 9.17) is 30.5 Å². The fourth-order valence-corrected chi connectivity index (χ4v) is 2.93. The second-order valence-electron chi connectivity index (χ2n) is 6.55. The SMILES string of the molecule is Cc1cc(Cl)ccc1OCCCC(=O)O[C@H](C)C(=O)Nc1ccc2c(c1)OCO2. The first kappa shape index (κ1) is 20.8. The van der Waals surface area contributed by atoms with Crippen LogP contribution >= 0.6 is 11.6 Å². The number of halogens is 1. The summed E-state index contributed by atoms with van der Waals surface area (Å²) in [4.78, 5) is 24.2. The van der Waals surface area contributed by atoms with Gasteiger partial charge in [-0.05, 0) is 56.2 Å². The smallest absolute Gasteiger partial charge is 0.306 e. The Kier molecular flexibility index (Phi) is 6.82. The van der Waals surface area contributed by atoms with E-state index in [1.54, 1.807) is 30.3 Å². The fourth-order valence-electron chi connectivity index (χ4n) is 2.70. The largest absolute Gasteiger partial charge is 0.493 e. The zero-order valence-electron chi connectivity index (χ0n) is 16.2. The van der Waals surface area contributed by atoms with Crippen LogP contribution < -0.4 is 19.5 Å². The quantitative estimate of drug-likeness (QED) is 0.512. The summed E-state index contributed by atoms with van der Waals surface area (Å²) in [5, 5.41) is 3.33. The third-order valence-corrected chi connectivity index (χ3v) is 4.47. The second kappa shape index (κ2) is 9.52. The summed E-state index contributed by atoms with van der Waals surface area (Å²) in [5.74, 6) is 1.01. The van der Waals surface area contributed by atoms with Gasteiger partial charge in [0.2, 0.25) is 6.79 Å². The van der Waals surface area contributed by atoms with Crippen LogP contribution in [0.15, 0.2) is 36.4 Å². The number of amides is 1. The van der Waals surface area contributed by atoms with Crippen LogP contribution in [0.2, 0.25) is 5.02 Å². The molecule has 1 heterocycles. The van der Waals surface area contributed by atoms with Gasteiger partial charge in [0, 0.05) is 23.2 Å². The topological polar surface area (TPSA) is 83.1 Å². The van der Waals surface area contributed by atoms with Crippen molar-refractivity contribution >= 4 is 29.2 Å². The molecule has 1 amide bonds. The monoisotopic (exact) mass is 419 g/mol. The second-order valence-corrected chi connectivity index (χ2v) is 6.99. The van der Waals surface area contributed by atoms with Gasteiger partial charge in [0.15, 0.2) is 17.6 Å². The zero-order chi connectivity index (χ0) is 20.8. The minimum atomic E-state index is -0.924. The van der Waals surface area contributed by atoms with Crippen LogP contribution in [0.3, 0.4) is 0 Å². The van der Waals surface area contributed by atoms with Gasteiger partial charge < -0.3 is 24.3 Å². The highest BCUT2D eigenvalue weighted by molar-refractivity contribution is 6.30. The Morgan fingerprint density at radius 2 is 1.97 bits per heavy atom. The molecule has 154 valence electrons. The molecule has 2 aromatic carbocycles. The number of anilines is 1. The van der Waals surface area contributed by atoms with E-state index < -0.39 is 18.0 Å². The highest BCUT2D eigenvalue weighted by atomic mass is 35.5. The van der Waals surface area contributed by atoms with Crippen molar-refractivity contribution < 1.29 is 28.5 Å². The van der Waals surface area contributed by atoms with Crippen molar-refractivity contribution in [2.24, 2.45) is 0 Å². The molecule has 8 heteroatoms. The Labute approximate surface area is 173 Å². The van der Waals surface area contributed by atoms with E-state index in [1.165, 1.54) is 6.92 Å². The lowest BCUT2D eigenvalue weighted by atomic mass is 10.2. The first-order valence-corrected chi connectivity index (χ1v) is 9.59. The summed E-state index contributed by atoms with van der Waals surface area (Å²) in [5.41, 5.74) is 1.46. The molecule has 0 unspecified atom stereocenters. The molecule has 0 aromatic heterocycles. The summed E-state index contributed by atoms with van der Waals surface area (Å²) < 4.78 is 21.3. The number of benzene rings is 2. The molecule has 29 heavy (non-hydrogen) atoms. The van der Waals surface area contributed by atoms with Gasteiger partial charge >= 0.3 is 5.97 Å². The molecule has 1 aliphatic heterocycles. The first-order chi connectivity index (χ1) is 13.9. The number of ether oxygens (including phenoxy) is 4. The van der Waals surface area contributed by atoms with Crippen molar-refractivity contribution in [2.45, 2.75) is 32.8 Å². The first-order valence-electron chi connectivity index (χ1n) is 9.21. The lowest BCUT2D eigenvalue weighted by Gasteiger charge is -2.14. The number of hydrogen-bond donors (Lipinski definition) is 1. The Bertz CT molecular complexity index is 901. The molecule has 2 aromatic rings. The number of nitrogens with one attached hydrogen (secondary N) is 1. The molecular formula is C21H22ClNO6. The molecule has 1 atom stereocenters. The van der Waals surface area contributed by atoms with Crippen LogP contribution in [0.1, 0.15) is 25.3 Å². The summed E-state index contributed by atoms with van der Waals surface area (Å²) in [6.45, 7) is 3.93. The standard InChI is InChI=1S/C21H22ClNO6/c1-13-10-15(22)5-7-17(13)26-9-3-4-20(24)29-14(2)21(25)23-16-6-8-18-19(11-16)28-12-27-18/h5-8,10-11,14H,3-4,9,12H2,1-2H3,(H,23,25)/t14-/m1/s1. The minimum Gasteiger partial charge on any atom is -0.493 e. The summed E-state index contributed by atoms with van der Waals surface area (Å²) in [6, 6.07) is 10.4. The predicted octanol–water partition coefficient (Wildman–Crippen LogP) is 4.11. The van der Waals surface area contributed by atoms with Gasteiger partial charge in [-0.3, -0.25) is 9.59 Å². The third-order valence-electron chi connectivity index (χ3n) is 4.24. The Hall–Kier alpha value is -2.93. The molecule has 0 fully saturated rings. The van der Waals surface area contributed by atoms with Gasteiger partial charge in [-0.25, -0.2) is 0 Å². The predicted molar refractivity (Wildman–Crippen MR) is 108 cm³/mol. The van der Waals surface area contributed by atoms with E-state index in [2.05, 4.69) is 5.32 Å². The number of rotatable bonds is 8. The Balaban J connectivity index is 1.38. The highest BCUT2D eigenvalue weighted by Crippen LogP contribution is 2.34. The maximum Gasteiger partial charge on any atom is 0.306 e. The number of hydrogen-bond acceptors (Lipinski definition) is 6. The van der Waals surface area contributed by atoms with E-state index >= 15 is 0 Å². The van der Waals surface area contributed by atoms with Gasteiger partial charge in [0.25, 0.3) is 5.91 Å². The minimum absolute atomic E-state index is 0.147. The number of aryl methyl sites for hydroxylation is 1. The lowest BCUT2D eigenvalue weighted by Crippen LogP contribution is -2.30. The molecule has 7 nitrogen and oxygen atoms in total. The fraction of sp³-hybridized carbons (Fsp3) is 0.333. The average Bonchev–Trinajstić information content (AvgIpc) is 3.14. The van der Waals surface area contributed by atoms with Gasteiger partial charge in [0.05, 0.1) is 6.61 Å². The average molecular weight is 420 g/mol. The highest BCUT2D eigenvalue weighted by Gasteiger charge is 2.19. The molecular weight excluding hydrogens is 398 g/mol. The Morgan fingerprint density at radius 1 is 1.17 bits per heavy atom. The van der Waals surface area contributed by atoms with Crippen molar-refractivity contribution in [1.82, 2.24) is 0 Å². The van der Waals surface area contributed by atoms with Crippen molar-refractivity contribution in [2.75, 3.05) is 18.7 Å². The molecule has 0 spiro atoms. The van der Waals surface area contributed by atoms with Crippen molar-refractivity contribution in [3.05, 3.63) is 47.0 Å². The number of carbonyl (C=O) groups excluding carboxylic acids is 2. The Morgan fingerprint density at radius 3 is 2.76 bits per heavy atom. The molecule has 1 aliphatic rings. The van der Waals surface area contributed by atoms with Crippen LogP contribution in [0.5, 0.6) is 17.2 Å². The van der Waals surface area contributed by atoms with Crippen LogP contribution in [0, 0.1) is 6.92 Å². The van der Waals surface area contributed by atoms with Crippen molar-refractivity contribution in [3.8, 4) is 17.2 Å². The summed E-state index contributed by atoms with van der Waals surface area (Å²) in [6.07, 6.45) is -0.307. The number of fused-ring (bicyclic) bond motifs is 1. The molecule has 3 rings (SSSR count). The van der Waals surface area contributed by atoms with Crippen molar-refractivity contribution in [3.63, 3.8) is 0 Å². The van der Waals surface area contributed by atoms with E-state index in [1.807, 2.05) is 13.0 Å². The van der Waals surface area contributed by atoms with E-state index in [0.29, 0.717) is 35.2 Å². The van der Waals surface area contributed by atoms with Gasteiger partial charge in [-0.2, -0.15) is 0 Å². The molecule has 0 aliphatic carbocycles. The van der Waals surface area contributed by atoms with E-state index in [0.717, 1.165) is 11.3 Å². The van der Waals surface area contributed by atoms with Gasteiger partial charge in [-0.1, -0.05) is 11.6 Å². The summed E-state index contributed by atoms with van der Waals surface area (Å²) >= 11 is 5.91. The maximum atomic E-state index is 12.2. The van der Waals surface area contributed by atoms with Crippen molar-refractivity contribution in [1.29, 1.82) is 0 Å².